The van der Waals surface area contributed by atoms with Gasteiger partial charge in [0.2, 0.25) is 0 Å². The number of anilines is 1. The molecular formula is C15H15BrClN. The standard InChI is InChI=1S/C15H15BrClN/c1-10-4-3-5-14(17)15(10)18-11(2)12-6-8-13(16)9-7-12/h3-9,11,18H,1-2H3. The molecule has 0 aliphatic carbocycles. The van der Waals surface area contributed by atoms with Crippen molar-refractivity contribution < 1.29 is 0 Å². The predicted molar refractivity (Wildman–Crippen MR) is 82.4 cm³/mol. The van der Waals surface area contributed by atoms with Gasteiger partial charge in [0.05, 0.1) is 10.7 Å². The molecule has 0 heterocycles. The van der Waals surface area contributed by atoms with Crippen molar-refractivity contribution in [1.82, 2.24) is 0 Å². The van der Waals surface area contributed by atoms with Gasteiger partial charge in [-0.3, -0.25) is 0 Å². The monoisotopic (exact) mass is 323 g/mol. The van der Waals surface area contributed by atoms with Crippen LogP contribution in [0.15, 0.2) is 46.9 Å². The third-order valence-electron chi connectivity index (χ3n) is 2.95. The zero-order valence-corrected chi connectivity index (χ0v) is 12.7. The Morgan fingerprint density at radius 3 is 2.39 bits per heavy atom. The second-order valence-corrected chi connectivity index (χ2v) is 5.67. The third-order valence-corrected chi connectivity index (χ3v) is 3.80. The smallest absolute Gasteiger partial charge is 0.0640 e. The Balaban J connectivity index is 2.21. The molecule has 0 spiro atoms. The summed E-state index contributed by atoms with van der Waals surface area (Å²) in [5.74, 6) is 0. The number of benzene rings is 2. The summed E-state index contributed by atoms with van der Waals surface area (Å²) >= 11 is 9.66. The normalized spacial score (nSPS) is 12.2. The lowest BCUT2D eigenvalue weighted by atomic mass is 10.1. The van der Waals surface area contributed by atoms with Crippen molar-refractivity contribution in [3.63, 3.8) is 0 Å². The summed E-state index contributed by atoms with van der Waals surface area (Å²) in [6.45, 7) is 4.19. The van der Waals surface area contributed by atoms with E-state index < -0.39 is 0 Å². The number of hydrogen-bond acceptors (Lipinski definition) is 1. The summed E-state index contributed by atoms with van der Waals surface area (Å²) in [4.78, 5) is 0. The molecule has 0 aromatic heterocycles. The molecule has 0 aliphatic rings. The summed E-state index contributed by atoms with van der Waals surface area (Å²) in [5.41, 5.74) is 3.40. The van der Waals surface area contributed by atoms with Crippen molar-refractivity contribution in [3.05, 3.63) is 63.1 Å². The highest BCUT2D eigenvalue weighted by molar-refractivity contribution is 9.10. The van der Waals surface area contributed by atoms with Gasteiger partial charge in [0.15, 0.2) is 0 Å². The number of aryl methyl sites for hydroxylation is 1. The quantitative estimate of drug-likeness (QED) is 0.776. The minimum atomic E-state index is 0.219. The fraction of sp³-hybridized carbons (Fsp3) is 0.200. The van der Waals surface area contributed by atoms with Crippen LogP contribution in [0.5, 0.6) is 0 Å². The highest BCUT2D eigenvalue weighted by atomic mass is 79.9. The molecule has 18 heavy (non-hydrogen) atoms. The fourth-order valence-corrected chi connectivity index (χ4v) is 2.41. The molecule has 1 N–H and O–H groups in total. The lowest BCUT2D eigenvalue weighted by Gasteiger charge is -2.18. The minimum absolute atomic E-state index is 0.219. The first-order valence-electron chi connectivity index (χ1n) is 5.85. The maximum Gasteiger partial charge on any atom is 0.0640 e. The van der Waals surface area contributed by atoms with Crippen LogP contribution < -0.4 is 5.32 Å². The van der Waals surface area contributed by atoms with Crippen LogP contribution in [0.2, 0.25) is 5.02 Å². The summed E-state index contributed by atoms with van der Waals surface area (Å²) in [6, 6.07) is 14.5. The van der Waals surface area contributed by atoms with Gasteiger partial charge in [-0.15, -0.1) is 0 Å². The lowest BCUT2D eigenvalue weighted by molar-refractivity contribution is 0.882. The van der Waals surface area contributed by atoms with E-state index in [0.717, 1.165) is 20.7 Å². The molecule has 0 radical (unpaired) electrons. The molecule has 1 nitrogen and oxygen atoms in total. The van der Waals surface area contributed by atoms with Gasteiger partial charge in [-0.2, -0.15) is 0 Å². The Hall–Kier alpha value is -0.990. The largest absolute Gasteiger partial charge is 0.377 e. The van der Waals surface area contributed by atoms with Gasteiger partial charge in [-0.1, -0.05) is 51.8 Å². The fourth-order valence-electron chi connectivity index (χ4n) is 1.87. The number of hydrogen-bond donors (Lipinski definition) is 1. The summed E-state index contributed by atoms with van der Waals surface area (Å²) in [7, 11) is 0. The third kappa shape index (κ3) is 3.06. The molecular weight excluding hydrogens is 310 g/mol. The van der Waals surface area contributed by atoms with E-state index in [1.165, 1.54) is 5.56 Å². The molecule has 1 unspecified atom stereocenters. The zero-order chi connectivity index (χ0) is 13.1. The highest BCUT2D eigenvalue weighted by Crippen LogP contribution is 2.29. The van der Waals surface area contributed by atoms with Crippen LogP contribution in [0.1, 0.15) is 24.1 Å². The lowest BCUT2D eigenvalue weighted by Crippen LogP contribution is -2.08. The van der Waals surface area contributed by atoms with Crippen LogP contribution in [0.25, 0.3) is 0 Å². The molecule has 0 bridgehead atoms. The van der Waals surface area contributed by atoms with Gasteiger partial charge in [0.25, 0.3) is 0 Å². The number of halogens is 2. The van der Waals surface area contributed by atoms with Crippen molar-refractivity contribution in [2.24, 2.45) is 0 Å². The van der Waals surface area contributed by atoms with E-state index in [9.17, 15) is 0 Å². The van der Waals surface area contributed by atoms with E-state index in [2.05, 4.69) is 53.3 Å². The molecule has 0 saturated heterocycles. The van der Waals surface area contributed by atoms with Crippen molar-refractivity contribution in [2.45, 2.75) is 19.9 Å². The average molecular weight is 325 g/mol. The maximum atomic E-state index is 6.22. The SMILES string of the molecule is Cc1cccc(Cl)c1NC(C)c1ccc(Br)cc1. The van der Waals surface area contributed by atoms with Crippen molar-refractivity contribution in [3.8, 4) is 0 Å². The first kappa shape index (κ1) is 13.4. The van der Waals surface area contributed by atoms with Crippen LogP contribution in [-0.4, -0.2) is 0 Å². The van der Waals surface area contributed by atoms with Gasteiger partial charge in [0, 0.05) is 10.5 Å². The number of para-hydroxylation sites is 1. The van der Waals surface area contributed by atoms with Gasteiger partial charge in [0.1, 0.15) is 0 Å². The van der Waals surface area contributed by atoms with Crippen LogP contribution >= 0.6 is 27.5 Å². The molecule has 94 valence electrons. The Kier molecular flexibility index (Phi) is 4.31. The predicted octanol–water partition coefficient (Wildman–Crippen LogP) is 5.58. The minimum Gasteiger partial charge on any atom is -0.377 e. The van der Waals surface area contributed by atoms with Crippen molar-refractivity contribution in [1.29, 1.82) is 0 Å². The van der Waals surface area contributed by atoms with E-state index in [4.69, 9.17) is 11.6 Å². The van der Waals surface area contributed by atoms with Gasteiger partial charge in [-0.05, 0) is 43.2 Å². The number of nitrogens with one attached hydrogen (secondary N) is 1. The van der Waals surface area contributed by atoms with Crippen LogP contribution in [0.4, 0.5) is 5.69 Å². The maximum absolute atomic E-state index is 6.22. The van der Waals surface area contributed by atoms with E-state index in [0.29, 0.717) is 0 Å². The summed E-state index contributed by atoms with van der Waals surface area (Å²) < 4.78 is 1.09. The zero-order valence-electron chi connectivity index (χ0n) is 10.4. The molecule has 0 saturated carbocycles. The van der Waals surface area contributed by atoms with Crippen molar-refractivity contribution >= 4 is 33.2 Å². The Morgan fingerprint density at radius 2 is 1.78 bits per heavy atom. The summed E-state index contributed by atoms with van der Waals surface area (Å²) in [6.07, 6.45) is 0. The molecule has 0 aliphatic heterocycles. The van der Waals surface area contributed by atoms with Crippen LogP contribution in [-0.2, 0) is 0 Å². The molecule has 1 atom stereocenters. The average Bonchev–Trinajstić information content (AvgIpc) is 2.34. The Morgan fingerprint density at radius 1 is 1.11 bits per heavy atom. The molecule has 3 heteroatoms. The first-order chi connectivity index (χ1) is 8.58. The number of rotatable bonds is 3. The van der Waals surface area contributed by atoms with Gasteiger partial charge in [-0.25, -0.2) is 0 Å². The van der Waals surface area contributed by atoms with Crippen molar-refractivity contribution in [2.75, 3.05) is 5.32 Å². The van der Waals surface area contributed by atoms with E-state index in [1.54, 1.807) is 0 Å². The van der Waals surface area contributed by atoms with E-state index in [-0.39, 0.29) is 6.04 Å². The highest BCUT2D eigenvalue weighted by Gasteiger charge is 2.09. The molecule has 2 aromatic carbocycles. The van der Waals surface area contributed by atoms with Crippen LogP contribution in [0.3, 0.4) is 0 Å². The Bertz CT molecular complexity index is 516. The molecule has 0 amide bonds. The molecule has 2 rings (SSSR count). The molecule has 0 fully saturated rings. The van der Waals surface area contributed by atoms with Crippen LogP contribution in [0, 0.1) is 6.92 Å². The molecule has 2 aromatic rings. The van der Waals surface area contributed by atoms with E-state index >= 15 is 0 Å². The second-order valence-electron chi connectivity index (χ2n) is 4.35. The first-order valence-corrected chi connectivity index (χ1v) is 7.02. The van der Waals surface area contributed by atoms with E-state index in [1.807, 2.05) is 24.3 Å². The topological polar surface area (TPSA) is 12.0 Å². The van der Waals surface area contributed by atoms with Gasteiger partial charge < -0.3 is 5.32 Å². The van der Waals surface area contributed by atoms with Gasteiger partial charge >= 0.3 is 0 Å². The Labute approximate surface area is 121 Å². The summed E-state index contributed by atoms with van der Waals surface area (Å²) in [5, 5.41) is 4.23. The second kappa shape index (κ2) is 5.77.